The van der Waals surface area contributed by atoms with E-state index < -0.39 is 17.8 Å². The standard InChI is InChI=1S/C9H16N2O4/c1-4-11(5-7(12)10-3)8(13)6(2)9(14)15/h6H,4-5H2,1-3H3,(H,10,12)(H,14,15). The number of hydrogen-bond acceptors (Lipinski definition) is 3. The average Bonchev–Trinajstić information content (AvgIpc) is 2.23. The molecule has 2 N–H and O–H groups in total. The maximum absolute atomic E-state index is 11.5. The van der Waals surface area contributed by atoms with Crippen LogP contribution in [0.2, 0.25) is 0 Å². The molecule has 0 saturated heterocycles. The van der Waals surface area contributed by atoms with E-state index in [1.807, 2.05) is 0 Å². The first kappa shape index (κ1) is 13.4. The number of likely N-dealkylation sites (N-methyl/N-ethyl adjacent to an activating group) is 2. The number of amides is 2. The van der Waals surface area contributed by atoms with Gasteiger partial charge in [-0.05, 0) is 13.8 Å². The molecule has 0 aliphatic carbocycles. The molecule has 0 aromatic carbocycles. The molecule has 0 aliphatic heterocycles. The molecule has 0 spiro atoms. The Balaban J connectivity index is 4.47. The third-order valence-electron chi connectivity index (χ3n) is 2.05. The molecule has 15 heavy (non-hydrogen) atoms. The normalized spacial score (nSPS) is 11.7. The van der Waals surface area contributed by atoms with Gasteiger partial charge in [0.15, 0.2) is 0 Å². The topological polar surface area (TPSA) is 86.7 Å². The number of nitrogens with one attached hydrogen (secondary N) is 1. The Kier molecular flexibility index (Phi) is 5.36. The van der Waals surface area contributed by atoms with Gasteiger partial charge in [-0.25, -0.2) is 0 Å². The van der Waals surface area contributed by atoms with Crippen molar-refractivity contribution in [1.82, 2.24) is 10.2 Å². The molecule has 0 bridgehead atoms. The second-order valence-corrected chi connectivity index (χ2v) is 3.09. The Labute approximate surface area is 88.2 Å². The molecule has 6 heteroatoms. The smallest absolute Gasteiger partial charge is 0.315 e. The van der Waals surface area contributed by atoms with Crippen molar-refractivity contribution in [2.24, 2.45) is 5.92 Å². The third kappa shape index (κ3) is 3.97. The van der Waals surface area contributed by atoms with Crippen molar-refractivity contribution in [2.75, 3.05) is 20.1 Å². The van der Waals surface area contributed by atoms with Crippen molar-refractivity contribution in [3.8, 4) is 0 Å². The lowest BCUT2D eigenvalue weighted by Gasteiger charge is -2.21. The summed E-state index contributed by atoms with van der Waals surface area (Å²) in [5.74, 6) is -3.17. The van der Waals surface area contributed by atoms with Crippen molar-refractivity contribution < 1.29 is 19.5 Å². The fraction of sp³-hybridized carbons (Fsp3) is 0.667. The number of aliphatic carboxylic acids is 1. The van der Waals surface area contributed by atoms with Crippen LogP contribution in [0.25, 0.3) is 0 Å². The van der Waals surface area contributed by atoms with Gasteiger partial charge >= 0.3 is 5.97 Å². The van der Waals surface area contributed by atoms with Crippen LogP contribution in [-0.2, 0) is 14.4 Å². The zero-order chi connectivity index (χ0) is 12.0. The van der Waals surface area contributed by atoms with E-state index in [1.165, 1.54) is 18.9 Å². The lowest BCUT2D eigenvalue weighted by atomic mass is 10.1. The van der Waals surface area contributed by atoms with Crippen molar-refractivity contribution >= 4 is 17.8 Å². The van der Waals surface area contributed by atoms with Gasteiger partial charge in [-0.15, -0.1) is 0 Å². The van der Waals surface area contributed by atoms with E-state index in [0.717, 1.165) is 0 Å². The molecule has 0 rings (SSSR count). The summed E-state index contributed by atoms with van der Waals surface area (Å²) in [5, 5.41) is 11.0. The summed E-state index contributed by atoms with van der Waals surface area (Å²) >= 11 is 0. The molecule has 0 radical (unpaired) electrons. The van der Waals surface area contributed by atoms with Crippen LogP contribution in [0, 0.1) is 5.92 Å². The van der Waals surface area contributed by atoms with Crippen LogP contribution in [0.4, 0.5) is 0 Å². The van der Waals surface area contributed by atoms with E-state index in [4.69, 9.17) is 5.11 Å². The molecule has 0 aromatic rings. The summed E-state index contributed by atoms with van der Waals surface area (Å²) in [6.07, 6.45) is 0. The van der Waals surface area contributed by atoms with Crippen molar-refractivity contribution in [3.05, 3.63) is 0 Å². The summed E-state index contributed by atoms with van der Waals surface area (Å²) in [7, 11) is 1.46. The number of hydrogen-bond donors (Lipinski definition) is 2. The highest BCUT2D eigenvalue weighted by atomic mass is 16.4. The minimum atomic E-state index is -1.18. The van der Waals surface area contributed by atoms with E-state index in [2.05, 4.69) is 5.32 Å². The Morgan fingerprint density at radius 3 is 2.27 bits per heavy atom. The van der Waals surface area contributed by atoms with Crippen LogP contribution in [0.1, 0.15) is 13.8 Å². The van der Waals surface area contributed by atoms with Gasteiger partial charge in [0.25, 0.3) is 0 Å². The fourth-order valence-corrected chi connectivity index (χ4v) is 0.977. The van der Waals surface area contributed by atoms with Crippen LogP contribution in [0.15, 0.2) is 0 Å². The molecule has 0 aliphatic rings. The van der Waals surface area contributed by atoms with Gasteiger partial charge in [0.2, 0.25) is 11.8 Å². The predicted octanol–water partition coefficient (Wildman–Crippen LogP) is -0.698. The Bertz CT molecular complexity index is 265. The number of carbonyl (C=O) groups excluding carboxylic acids is 2. The Hall–Kier alpha value is -1.59. The van der Waals surface area contributed by atoms with E-state index >= 15 is 0 Å². The van der Waals surface area contributed by atoms with Gasteiger partial charge in [-0.3, -0.25) is 14.4 Å². The SMILES string of the molecule is CCN(CC(=O)NC)C(=O)C(C)C(=O)O. The molecule has 2 amide bonds. The largest absolute Gasteiger partial charge is 0.481 e. The molecule has 0 heterocycles. The van der Waals surface area contributed by atoms with Crippen LogP contribution < -0.4 is 5.32 Å². The van der Waals surface area contributed by atoms with Gasteiger partial charge < -0.3 is 15.3 Å². The van der Waals surface area contributed by atoms with E-state index in [9.17, 15) is 14.4 Å². The van der Waals surface area contributed by atoms with Gasteiger partial charge in [-0.1, -0.05) is 0 Å². The first-order chi connectivity index (χ1) is 6.93. The van der Waals surface area contributed by atoms with Crippen molar-refractivity contribution in [3.63, 3.8) is 0 Å². The zero-order valence-electron chi connectivity index (χ0n) is 9.11. The molecule has 0 fully saturated rings. The average molecular weight is 216 g/mol. The number of nitrogens with zero attached hydrogens (tertiary/aromatic N) is 1. The second-order valence-electron chi connectivity index (χ2n) is 3.09. The molecule has 0 aromatic heterocycles. The molecule has 86 valence electrons. The zero-order valence-corrected chi connectivity index (χ0v) is 9.11. The highest BCUT2D eigenvalue weighted by molar-refractivity contribution is 5.97. The minimum Gasteiger partial charge on any atom is -0.481 e. The molecule has 6 nitrogen and oxygen atoms in total. The summed E-state index contributed by atoms with van der Waals surface area (Å²) in [5.41, 5.74) is 0. The molecule has 0 saturated carbocycles. The highest BCUT2D eigenvalue weighted by Gasteiger charge is 2.26. The first-order valence-electron chi connectivity index (χ1n) is 4.66. The second kappa shape index (κ2) is 6.00. The monoisotopic (exact) mass is 216 g/mol. The summed E-state index contributed by atoms with van der Waals surface area (Å²) in [6, 6.07) is 0. The summed E-state index contributed by atoms with van der Waals surface area (Å²) < 4.78 is 0. The van der Waals surface area contributed by atoms with E-state index in [0.29, 0.717) is 6.54 Å². The van der Waals surface area contributed by atoms with E-state index in [-0.39, 0.29) is 12.5 Å². The van der Waals surface area contributed by atoms with Crippen molar-refractivity contribution in [1.29, 1.82) is 0 Å². The number of carboxylic acid groups (broad SMARTS) is 1. The quantitative estimate of drug-likeness (QED) is 0.595. The Morgan fingerprint density at radius 2 is 1.93 bits per heavy atom. The van der Waals surface area contributed by atoms with Crippen LogP contribution in [0.5, 0.6) is 0 Å². The van der Waals surface area contributed by atoms with Crippen LogP contribution in [0.3, 0.4) is 0 Å². The lowest BCUT2D eigenvalue weighted by molar-refractivity contribution is -0.151. The maximum atomic E-state index is 11.5. The Morgan fingerprint density at radius 1 is 1.40 bits per heavy atom. The summed E-state index contributed by atoms with van der Waals surface area (Å²) in [6.45, 7) is 3.19. The fourth-order valence-electron chi connectivity index (χ4n) is 0.977. The number of rotatable bonds is 5. The van der Waals surface area contributed by atoms with Gasteiger partial charge in [-0.2, -0.15) is 0 Å². The molecular weight excluding hydrogens is 200 g/mol. The van der Waals surface area contributed by atoms with Gasteiger partial charge in [0.1, 0.15) is 5.92 Å². The first-order valence-corrected chi connectivity index (χ1v) is 4.66. The van der Waals surface area contributed by atoms with Crippen LogP contribution >= 0.6 is 0 Å². The maximum Gasteiger partial charge on any atom is 0.315 e. The van der Waals surface area contributed by atoms with Crippen molar-refractivity contribution in [2.45, 2.75) is 13.8 Å². The predicted molar refractivity (Wildman–Crippen MR) is 53.1 cm³/mol. The van der Waals surface area contributed by atoms with Crippen LogP contribution in [-0.4, -0.2) is 47.9 Å². The van der Waals surface area contributed by atoms with E-state index in [1.54, 1.807) is 6.92 Å². The molecule has 1 atom stereocenters. The number of carboxylic acids is 1. The third-order valence-corrected chi connectivity index (χ3v) is 2.05. The van der Waals surface area contributed by atoms with Gasteiger partial charge in [0.05, 0.1) is 6.54 Å². The molecular formula is C9H16N2O4. The highest BCUT2D eigenvalue weighted by Crippen LogP contribution is 2.02. The minimum absolute atomic E-state index is 0.108. The summed E-state index contributed by atoms with van der Waals surface area (Å²) in [4.78, 5) is 34.3. The molecule has 1 unspecified atom stereocenters. The van der Waals surface area contributed by atoms with Gasteiger partial charge in [0, 0.05) is 13.6 Å². The number of carbonyl (C=O) groups is 3. The lowest BCUT2D eigenvalue weighted by Crippen LogP contribution is -2.43.